The van der Waals surface area contributed by atoms with Crippen molar-refractivity contribution in [2.75, 3.05) is 19.0 Å². The van der Waals surface area contributed by atoms with Gasteiger partial charge in [0.25, 0.3) is 0 Å². The molecule has 5 nitrogen and oxygen atoms in total. The van der Waals surface area contributed by atoms with Gasteiger partial charge in [0.15, 0.2) is 0 Å². The molecule has 0 spiro atoms. The second-order valence-corrected chi connectivity index (χ2v) is 4.26. The van der Waals surface area contributed by atoms with E-state index in [0.717, 1.165) is 11.4 Å². The highest BCUT2D eigenvalue weighted by Crippen LogP contribution is 2.17. The fraction of sp³-hybridized carbons (Fsp3) is 0.385. The van der Waals surface area contributed by atoms with E-state index < -0.39 is 0 Å². The molecule has 0 bridgehead atoms. The smallest absolute Gasteiger partial charge is 0.229 e. The van der Waals surface area contributed by atoms with E-state index in [-0.39, 0.29) is 17.7 Å². The number of rotatable bonds is 3. The number of carbonyl (C=O) groups excluding carboxylic acids is 2. The average Bonchev–Trinajstić information content (AvgIpc) is 2.40. The van der Waals surface area contributed by atoms with Crippen molar-refractivity contribution < 1.29 is 14.3 Å². The van der Waals surface area contributed by atoms with Gasteiger partial charge >= 0.3 is 0 Å². The molecule has 1 fully saturated rings. The molecule has 1 atom stereocenters. The highest BCUT2D eigenvalue weighted by Gasteiger charge is 2.24. The minimum absolute atomic E-state index is 0.0171. The first-order chi connectivity index (χ1) is 8.69. The number of anilines is 1. The number of methoxy groups -OCH3 is 1. The van der Waals surface area contributed by atoms with E-state index in [1.165, 1.54) is 0 Å². The Balaban J connectivity index is 1.92. The van der Waals surface area contributed by atoms with Crippen LogP contribution in [0.4, 0.5) is 5.69 Å². The molecule has 1 saturated heterocycles. The number of benzene rings is 1. The highest BCUT2D eigenvalue weighted by molar-refractivity contribution is 5.94. The maximum absolute atomic E-state index is 11.9. The van der Waals surface area contributed by atoms with Crippen molar-refractivity contribution in [2.24, 2.45) is 5.92 Å². The SMILES string of the molecule is COc1ccc(NC(=O)C2CCC(=O)NC2)cc1. The molecule has 0 saturated carbocycles. The Hall–Kier alpha value is -2.04. The summed E-state index contributed by atoms with van der Waals surface area (Å²) < 4.78 is 5.04. The van der Waals surface area contributed by atoms with E-state index in [9.17, 15) is 9.59 Å². The van der Waals surface area contributed by atoms with Crippen LogP contribution in [-0.2, 0) is 9.59 Å². The normalized spacial score (nSPS) is 18.9. The average molecular weight is 248 g/mol. The summed E-state index contributed by atoms with van der Waals surface area (Å²) in [5, 5.41) is 5.53. The quantitative estimate of drug-likeness (QED) is 0.843. The van der Waals surface area contributed by atoms with E-state index in [1.807, 2.05) is 0 Å². The van der Waals surface area contributed by atoms with Crippen LogP contribution in [0.3, 0.4) is 0 Å². The number of hydrogen-bond donors (Lipinski definition) is 2. The molecule has 0 aliphatic carbocycles. The van der Waals surface area contributed by atoms with Crippen molar-refractivity contribution in [2.45, 2.75) is 12.8 Å². The Bertz CT molecular complexity index is 432. The molecule has 1 heterocycles. The molecule has 2 N–H and O–H groups in total. The molecule has 1 aromatic carbocycles. The second-order valence-electron chi connectivity index (χ2n) is 4.26. The van der Waals surface area contributed by atoms with Crippen molar-refractivity contribution in [1.29, 1.82) is 0 Å². The fourth-order valence-electron chi connectivity index (χ4n) is 1.88. The van der Waals surface area contributed by atoms with Crippen LogP contribution < -0.4 is 15.4 Å². The number of hydrogen-bond acceptors (Lipinski definition) is 3. The first-order valence-electron chi connectivity index (χ1n) is 5.90. The standard InChI is InChI=1S/C13H16N2O3/c1-18-11-5-3-10(4-6-11)15-13(17)9-2-7-12(16)14-8-9/h3-6,9H,2,7-8H2,1H3,(H,14,16)(H,15,17). The lowest BCUT2D eigenvalue weighted by atomic mass is 9.98. The third kappa shape index (κ3) is 3.00. The zero-order chi connectivity index (χ0) is 13.0. The van der Waals surface area contributed by atoms with E-state index >= 15 is 0 Å². The molecule has 1 aliphatic rings. The molecule has 18 heavy (non-hydrogen) atoms. The highest BCUT2D eigenvalue weighted by atomic mass is 16.5. The van der Waals surface area contributed by atoms with Gasteiger partial charge in [0.05, 0.1) is 13.0 Å². The van der Waals surface area contributed by atoms with Gasteiger partial charge in [-0.2, -0.15) is 0 Å². The maximum Gasteiger partial charge on any atom is 0.229 e. The van der Waals surface area contributed by atoms with Crippen LogP contribution in [0.1, 0.15) is 12.8 Å². The molecule has 1 aromatic rings. The summed E-state index contributed by atoms with van der Waals surface area (Å²) in [4.78, 5) is 22.9. The van der Waals surface area contributed by atoms with Gasteiger partial charge in [0, 0.05) is 18.7 Å². The first-order valence-corrected chi connectivity index (χ1v) is 5.90. The van der Waals surface area contributed by atoms with Crippen LogP contribution >= 0.6 is 0 Å². The van der Waals surface area contributed by atoms with E-state index in [2.05, 4.69) is 10.6 Å². The molecule has 96 valence electrons. The molecule has 1 unspecified atom stereocenters. The van der Waals surface area contributed by atoms with Gasteiger partial charge in [-0.1, -0.05) is 0 Å². The monoisotopic (exact) mass is 248 g/mol. The van der Waals surface area contributed by atoms with Gasteiger partial charge < -0.3 is 15.4 Å². The van der Waals surface area contributed by atoms with Gasteiger partial charge in [-0.15, -0.1) is 0 Å². The van der Waals surface area contributed by atoms with Crippen LogP contribution in [0.2, 0.25) is 0 Å². The molecule has 0 aromatic heterocycles. The fourth-order valence-corrected chi connectivity index (χ4v) is 1.88. The predicted molar refractivity (Wildman–Crippen MR) is 67.4 cm³/mol. The molecular formula is C13H16N2O3. The lowest BCUT2D eigenvalue weighted by Gasteiger charge is -2.21. The van der Waals surface area contributed by atoms with Crippen molar-refractivity contribution in [3.8, 4) is 5.75 Å². The van der Waals surface area contributed by atoms with Crippen molar-refractivity contribution in [1.82, 2.24) is 5.32 Å². The molecule has 5 heteroatoms. The van der Waals surface area contributed by atoms with Gasteiger partial charge in [-0.25, -0.2) is 0 Å². The van der Waals surface area contributed by atoms with Crippen LogP contribution in [0.25, 0.3) is 0 Å². The summed E-state index contributed by atoms with van der Waals surface area (Å²) >= 11 is 0. The van der Waals surface area contributed by atoms with Gasteiger partial charge in [0.2, 0.25) is 11.8 Å². The Labute approximate surface area is 106 Å². The zero-order valence-corrected chi connectivity index (χ0v) is 10.2. The van der Waals surface area contributed by atoms with Crippen molar-refractivity contribution in [3.63, 3.8) is 0 Å². The molecular weight excluding hydrogens is 232 g/mol. The minimum atomic E-state index is -0.148. The third-order valence-corrected chi connectivity index (χ3v) is 2.99. The molecule has 1 aliphatic heterocycles. The van der Waals surface area contributed by atoms with E-state index in [4.69, 9.17) is 4.74 Å². The van der Waals surface area contributed by atoms with Gasteiger partial charge in [-0.3, -0.25) is 9.59 Å². The number of ether oxygens (including phenoxy) is 1. The Morgan fingerprint density at radius 1 is 1.39 bits per heavy atom. The van der Waals surface area contributed by atoms with Gasteiger partial charge in [-0.05, 0) is 30.7 Å². The minimum Gasteiger partial charge on any atom is -0.497 e. The van der Waals surface area contributed by atoms with Crippen LogP contribution in [0, 0.1) is 5.92 Å². The number of piperidine rings is 1. The third-order valence-electron chi connectivity index (χ3n) is 2.99. The summed E-state index contributed by atoms with van der Waals surface area (Å²) in [6, 6.07) is 7.16. The second kappa shape index (κ2) is 5.53. The van der Waals surface area contributed by atoms with Crippen LogP contribution in [-0.4, -0.2) is 25.5 Å². The number of carbonyl (C=O) groups is 2. The molecule has 0 radical (unpaired) electrons. The van der Waals surface area contributed by atoms with Crippen molar-refractivity contribution >= 4 is 17.5 Å². The summed E-state index contributed by atoms with van der Waals surface area (Å²) in [5.74, 6) is 0.561. The summed E-state index contributed by atoms with van der Waals surface area (Å²) in [7, 11) is 1.60. The largest absolute Gasteiger partial charge is 0.497 e. The summed E-state index contributed by atoms with van der Waals surface area (Å²) in [5.41, 5.74) is 0.734. The van der Waals surface area contributed by atoms with E-state index in [0.29, 0.717) is 19.4 Å². The van der Waals surface area contributed by atoms with Crippen LogP contribution in [0.15, 0.2) is 24.3 Å². The lowest BCUT2D eigenvalue weighted by Crippen LogP contribution is -2.40. The number of amides is 2. The van der Waals surface area contributed by atoms with Crippen molar-refractivity contribution in [3.05, 3.63) is 24.3 Å². The summed E-state index contributed by atoms with van der Waals surface area (Å²) in [6.45, 7) is 0.417. The Kier molecular flexibility index (Phi) is 3.82. The Morgan fingerprint density at radius 2 is 2.11 bits per heavy atom. The van der Waals surface area contributed by atoms with Crippen LogP contribution in [0.5, 0.6) is 5.75 Å². The number of nitrogens with one attached hydrogen (secondary N) is 2. The topological polar surface area (TPSA) is 67.4 Å². The Morgan fingerprint density at radius 3 is 2.67 bits per heavy atom. The molecule has 2 amide bonds. The first kappa shape index (κ1) is 12.4. The molecule has 2 rings (SSSR count). The van der Waals surface area contributed by atoms with Gasteiger partial charge in [0.1, 0.15) is 5.75 Å². The maximum atomic E-state index is 11.9. The zero-order valence-electron chi connectivity index (χ0n) is 10.2. The predicted octanol–water partition coefficient (Wildman–Crippen LogP) is 1.16. The summed E-state index contributed by atoms with van der Waals surface area (Å²) in [6.07, 6.45) is 1.02. The van der Waals surface area contributed by atoms with E-state index in [1.54, 1.807) is 31.4 Å². The lowest BCUT2D eigenvalue weighted by molar-refractivity contribution is -0.126.